The highest BCUT2D eigenvalue weighted by Gasteiger charge is 2.40. The molecular weight excluding hydrogens is 359 g/mol. The smallest absolute Gasteiger partial charge is 0.256 e. The van der Waals surface area contributed by atoms with Gasteiger partial charge >= 0.3 is 0 Å². The van der Waals surface area contributed by atoms with Crippen molar-refractivity contribution in [1.29, 1.82) is 0 Å². The van der Waals surface area contributed by atoms with E-state index in [4.69, 9.17) is 34.8 Å². The number of anilines is 2. The summed E-state index contributed by atoms with van der Waals surface area (Å²) in [7, 11) is 0. The van der Waals surface area contributed by atoms with Crippen LogP contribution < -0.4 is 10.2 Å². The van der Waals surface area contributed by atoms with E-state index in [0.717, 1.165) is 4.90 Å². The highest BCUT2D eigenvalue weighted by atomic mass is 35.5. The Morgan fingerprint density at radius 2 is 1.70 bits per heavy atom. The summed E-state index contributed by atoms with van der Waals surface area (Å²) < 4.78 is 0. The van der Waals surface area contributed by atoms with E-state index in [2.05, 4.69) is 5.32 Å². The summed E-state index contributed by atoms with van der Waals surface area (Å²) >= 11 is 17.9. The molecule has 1 fully saturated rings. The first-order valence-corrected chi connectivity index (χ1v) is 7.93. The van der Waals surface area contributed by atoms with Crippen LogP contribution in [0.25, 0.3) is 0 Å². The molecule has 1 heterocycles. The van der Waals surface area contributed by atoms with Gasteiger partial charge in [-0.1, -0.05) is 46.9 Å². The zero-order chi connectivity index (χ0) is 16.6. The average Bonchev–Trinajstić information content (AvgIpc) is 2.78. The maximum absolute atomic E-state index is 12.5. The summed E-state index contributed by atoms with van der Waals surface area (Å²) in [6, 6.07) is 11.0. The van der Waals surface area contributed by atoms with E-state index in [1.165, 1.54) is 0 Å². The number of amides is 2. The van der Waals surface area contributed by atoms with Gasteiger partial charge in [-0.3, -0.25) is 9.59 Å². The van der Waals surface area contributed by atoms with Crippen molar-refractivity contribution in [3.63, 3.8) is 0 Å². The third-order valence-corrected chi connectivity index (χ3v) is 4.56. The Bertz CT molecular complexity index is 795. The predicted octanol–water partition coefficient (Wildman–Crippen LogP) is 4.39. The van der Waals surface area contributed by atoms with E-state index >= 15 is 0 Å². The number of imide groups is 1. The van der Waals surface area contributed by atoms with Crippen LogP contribution in [0.5, 0.6) is 0 Å². The minimum atomic E-state index is -0.670. The minimum Gasteiger partial charge on any atom is -0.373 e. The van der Waals surface area contributed by atoms with Crippen molar-refractivity contribution in [3.8, 4) is 0 Å². The van der Waals surface area contributed by atoms with Gasteiger partial charge in [-0.25, -0.2) is 4.90 Å². The van der Waals surface area contributed by atoms with Crippen molar-refractivity contribution in [2.75, 3.05) is 10.2 Å². The number of para-hydroxylation sites is 1. The third-order valence-electron chi connectivity index (χ3n) is 3.50. The Labute approximate surface area is 147 Å². The number of hydrogen-bond donors (Lipinski definition) is 1. The number of carbonyl (C=O) groups is 2. The SMILES string of the molecule is O=C1C[C@H](Nc2ccc(Cl)c(Cl)c2)C(=O)N1c1ccccc1Cl. The molecule has 0 unspecified atom stereocenters. The normalized spacial score (nSPS) is 17.7. The number of rotatable bonds is 3. The van der Waals surface area contributed by atoms with Crippen LogP contribution in [0.1, 0.15) is 6.42 Å². The van der Waals surface area contributed by atoms with Crippen LogP contribution in [0.2, 0.25) is 15.1 Å². The lowest BCUT2D eigenvalue weighted by molar-refractivity contribution is -0.121. The lowest BCUT2D eigenvalue weighted by atomic mass is 10.2. The fourth-order valence-corrected chi connectivity index (χ4v) is 2.94. The van der Waals surface area contributed by atoms with Gasteiger partial charge in [0.2, 0.25) is 5.91 Å². The number of benzene rings is 2. The minimum absolute atomic E-state index is 0.0459. The first kappa shape index (κ1) is 16.1. The van der Waals surface area contributed by atoms with E-state index in [1.807, 2.05) is 0 Å². The number of hydrogen-bond acceptors (Lipinski definition) is 3. The van der Waals surface area contributed by atoms with Crippen molar-refractivity contribution >= 4 is 58.0 Å². The molecule has 0 radical (unpaired) electrons. The largest absolute Gasteiger partial charge is 0.373 e. The van der Waals surface area contributed by atoms with Gasteiger partial charge in [0.25, 0.3) is 5.91 Å². The molecule has 1 aliphatic rings. The molecule has 7 heteroatoms. The third kappa shape index (κ3) is 3.15. The lowest BCUT2D eigenvalue weighted by Crippen LogP contribution is -2.35. The highest BCUT2D eigenvalue weighted by molar-refractivity contribution is 6.42. The van der Waals surface area contributed by atoms with Crippen LogP contribution in [-0.2, 0) is 9.59 Å². The topological polar surface area (TPSA) is 49.4 Å². The van der Waals surface area contributed by atoms with Gasteiger partial charge in [0.05, 0.1) is 27.2 Å². The summed E-state index contributed by atoms with van der Waals surface area (Å²) in [4.78, 5) is 25.9. The molecule has 2 aromatic rings. The Kier molecular flexibility index (Phi) is 4.48. The number of nitrogens with one attached hydrogen (secondary N) is 1. The first-order valence-electron chi connectivity index (χ1n) is 6.80. The zero-order valence-electron chi connectivity index (χ0n) is 11.7. The number of carbonyl (C=O) groups excluding carboxylic acids is 2. The molecule has 0 saturated carbocycles. The molecule has 0 aliphatic carbocycles. The molecule has 4 nitrogen and oxygen atoms in total. The molecule has 1 saturated heterocycles. The molecular formula is C16H11Cl3N2O2. The molecule has 23 heavy (non-hydrogen) atoms. The summed E-state index contributed by atoms with van der Waals surface area (Å²) in [6.07, 6.45) is 0.0459. The average molecular weight is 370 g/mol. The van der Waals surface area contributed by atoms with Crippen LogP contribution >= 0.6 is 34.8 Å². The molecule has 0 spiro atoms. The summed E-state index contributed by atoms with van der Waals surface area (Å²) in [6.45, 7) is 0. The fraction of sp³-hybridized carbons (Fsp3) is 0.125. The van der Waals surface area contributed by atoms with E-state index in [1.54, 1.807) is 42.5 Å². The second-order valence-electron chi connectivity index (χ2n) is 5.05. The van der Waals surface area contributed by atoms with Gasteiger partial charge in [0.15, 0.2) is 0 Å². The highest BCUT2D eigenvalue weighted by Crippen LogP contribution is 2.31. The van der Waals surface area contributed by atoms with Crippen LogP contribution in [0, 0.1) is 0 Å². The molecule has 118 valence electrons. The van der Waals surface area contributed by atoms with Crippen LogP contribution in [0.4, 0.5) is 11.4 Å². The zero-order valence-corrected chi connectivity index (χ0v) is 14.0. The molecule has 2 aromatic carbocycles. The van der Waals surface area contributed by atoms with Gasteiger partial charge in [0, 0.05) is 5.69 Å². The lowest BCUT2D eigenvalue weighted by Gasteiger charge is -2.17. The monoisotopic (exact) mass is 368 g/mol. The molecule has 0 bridgehead atoms. The van der Waals surface area contributed by atoms with Crippen LogP contribution in [0.15, 0.2) is 42.5 Å². The van der Waals surface area contributed by atoms with Gasteiger partial charge < -0.3 is 5.32 Å². The van der Waals surface area contributed by atoms with Crippen molar-refractivity contribution in [1.82, 2.24) is 0 Å². The van der Waals surface area contributed by atoms with E-state index in [9.17, 15) is 9.59 Å². The summed E-state index contributed by atoms with van der Waals surface area (Å²) in [5, 5.41) is 4.15. The van der Waals surface area contributed by atoms with Gasteiger partial charge in [-0.2, -0.15) is 0 Å². The number of halogens is 3. The molecule has 1 atom stereocenters. The Balaban J connectivity index is 1.84. The maximum atomic E-state index is 12.5. The standard InChI is InChI=1S/C16H11Cl3N2O2/c17-10-6-5-9(7-12(10)19)20-13-8-15(22)21(16(13)23)14-4-2-1-3-11(14)18/h1-7,13,20H,8H2/t13-/m0/s1. The van der Waals surface area contributed by atoms with Crippen molar-refractivity contribution in [3.05, 3.63) is 57.5 Å². The Morgan fingerprint density at radius 1 is 0.957 bits per heavy atom. The molecule has 2 amide bonds. The first-order chi connectivity index (χ1) is 11.0. The van der Waals surface area contributed by atoms with Gasteiger partial charge in [0.1, 0.15) is 6.04 Å². The molecule has 0 aromatic heterocycles. The second-order valence-corrected chi connectivity index (χ2v) is 6.27. The number of nitrogens with zero attached hydrogens (tertiary/aromatic N) is 1. The maximum Gasteiger partial charge on any atom is 0.256 e. The van der Waals surface area contributed by atoms with Gasteiger partial charge in [-0.15, -0.1) is 0 Å². The van der Waals surface area contributed by atoms with Crippen molar-refractivity contribution in [2.24, 2.45) is 0 Å². The van der Waals surface area contributed by atoms with Crippen LogP contribution in [0.3, 0.4) is 0 Å². The van der Waals surface area contributed by atoms with Gasteiger partial charge in [-0.05, 0) is 30.3 Å². The quantitative estimate of drug-likeness (QED) is 0.816. The van der Waals surface area contributed by atoms with Crippen LogP contribution in [-0.4, -0.2) is 17.9 Å². The molecule has 1 N–H and O–H groups in total. The second kappa shape index (κ2) is 6.40. The predicted molar refractivity (Wildman–Crippen MR) is 92.4 cm³/mol. The molecule has 1 aliphatic heterocycles. The molecule has 3 rings (SSSR count). The van der Waals surface area contributed by atoms with E-state index in [-0.39, 0.29) is 18.2 Å². The summed E-state index contributed by atoms with van der Waals surface area (Å²) in [5.41, 5.74) is 1.01. The Morgan fingerprint density at radius 3 is 2.39 bits per heavy atom. The van der Waals surface area contributed by atoms with Crippen molar-refractivity contribution in [2.45, 2.75) is 12.5 Å². The van der Waals surface area contributed by atoms with Crippen molar-refractivity contribution < 1.29 is 9.59 Å². The summed E-state index contributed by atoms with van der Waals surface area (Å²) in [5.74, 6) is -0.658. The van der Waals surface area contributed by atoms with E-state index < -0.39 is 6.04 Å². The fourth-order valence-electron chi connectivity index (χ4n) is 2.42. The van der Waals surface area contributed by atoms with E-state index in [0.29, 0.717) is 26.4 Å². The Hall–Kier alpha value is -1.75.